The topological polar surface area (TPSA) is 47.9 Å². The lowest BCUT2D eigenvalue weighted by Crippen LogP contribution is -2.22. The third-order valence-electron chi connectivity index (χ3n) is 2.81. The van der Waals surface area contributed by atoms with Crippen molar-refractivity contribution >= 4 is 17.3 Å². The summed E-state index contributed by atoms with van der Waals surface area (Å²) in [6.07, 6.45) is 1.11. The van der Waals surface area contributed by atoms with Gasteiger partial charge in [-0.25, -0.2) is 0 Å². The van der Waals surface area contributed by atoms with E-state index in [0.717, 1.165) is 18.7 Å². The molecule has 1 aromatic rings. The second-order valence-corrected chi connectivity index (χ2v) is 4.60. The number of halogens is 1. The number of nitriles is 1. The Morgan fingerprint density at radius 1 is 1.56 bits per heavy atom. The number of hydrogen-bond donors (Lipinski definition) is 2. The minimum atomic E-state index is 0.444. The molecule has 0 amide bonds. The van der Waals surface area contributed by atoms with Gasteiger partial charge in [0.15, 0.2) is 0 Å². The zero-order valence-corrected chi connectivity index (χ0v) is 9.88. The smallest absolute Gasteiger partial charge is 0.101 e. The van der Waals surface area contributed by atoms with Gasteiger partial charge >= 0.3 is 0 Å². The van der Waals surface area contributed by atoms with Gasteiger partial charge in [0.1, 0.15) is 6.07 Å². The molecule has 84 valence electrons. The first-order valence-corrected chi connectivity index (χ1v) is 5.76. The lowest BCUT2D eigenvalue weighted by atomic mass is 10.1. The maximum absolute atomic E-state index is 8.76. The number of anilines is 1. The quantitative estimate of drug-likeness (QED) is 0.828. The van der Waals surface area contributed by atoms with E-state index in [1.54, 1.807) is 6.07 Å². The maximum atomic E-state index is 8.76. The van der Waals surface area contributed by atoms with Gasteiger partial charge < -0.3 is 10.6 Å². The maximum Gasteiger partial charge on any atom is 0.101 e. The van der Waals surface area contributed by atoms with Crippen molar-refractivity contribution < 1.29 is 0 Å². The molecule has 16 heavy (non-hydrogen) atoms. The largest absolute Gasteiger partial charge is 0.381 e. The summed E-state index contributed by atoms with van der Waals surface area (Å²) in [4.78, 5) is 0. The number of nitrogens with zero attached hydrogens (tertiary/aromatic N) is 1. The summed E-state index contributed by atoms with van der Waals surface area (Å²) >= 11 is 5.97. The van der Waals surface area contributed by atoms with Gasteiger partial charge in [0, 0.05) is 24.3 Å². The minimum absolute atomic E-state index is 0.444. The molecule has 1 saturated heterocycles. The Morgan fingerprint density at radius 2 is 2.38 bits per heavy atom. The van der Waals surface area contributed by atoms with Gasteiger partial charge in [-0.05, 0) is 31.5 Å². The zero-order valence-electron chi connectivity index (χ0n) is 9.13. The molecule has 3 nitrogen and oxygen atoms in total. The summed E-state index contributed by atoms with van der Waals surface area (Å²) in [6, 6.07) is 8.51. The van der Waals surface area contributed by atoms with Crippen LogP contribution in [0.4, 0.5) is 5.69 Å². The molecule has 2 atom stereocenters. The fraction of sp³-hybridized carbons (Fsp3) is 0.417. The van der Waals surface area contributed by atoms with Crippen LogP contribution in [-0.2, 0) is 0 Å². The number of rotatable bonds is 2. The van der Waals surface area contributed by atoms with Crippen LogP contribution in [0.25, 0.3) is 0 Å². The van der Waals surface area contributed by atoms with Gasteiger partial charge in [0.2, 0.25) is 0 Å². The third kappa shape index (κ3) is 2.46. The van der Waals surface area contributed by atoms with E-state index in [-0.39, 0.29) is 0 Å². The van der Waals surface area contributed by atoms with Crippen LogP contribution in [0.5, 0.6) is 0 Å². The number of benzene rings is 1. The van der Waals surface area contributed by atoms with Crippen LogP contribution in [0.2, 0.25) is 5.02 Å². The average Bonchev–Trinajstić information content (AvgIpc) is 2.64. The van der Waals surface area contributed by atoms with Crippen molar-refractivity contribution in [2.24, 2.45) is 0 Å². The second kappa shape index (κ2) is 4.73. The molecular weight excluding hydrogens is 222 g/mol. The van der Waals surface area contributed by atoms with E-state index in [9.17, 15) is 0 Å². The van der Waals surface area contributed by atoms with E-state index in [4.69, 9.17) is 16.9 Å². The standard InChI is InChI=1S/C12H14ClN3/c1-8-4-11(7-15-8)16-10-3-2-9(6-14)12(13)5-10/h2-3,5,8,11,15-16H,4,7H2,1H3. The van der Waals surface area contributed by atoms with Gasteiger partial charge in [-0.15, -0.1) is 0 Å². The predicted octanol–water partition coefficient (Wildman–Crippen LogP) is 2.37. The molecule has 0 bridgehead atoms. The molecule has 1 aliphatic rings. The average molecular weight is 236 g/mol. The van der Waals surface area contributed by atoms with Crippen LogP contribution in [0, 0.1) is 11.3 Å². The lowest BCUT2D eigenvalue weighted by molar-refractivity contribution is 0.661. The Kier molecular flexibility index (Phi) is 3.33. The molecular formula is C12H14ClN3. The van der Waals surface area contributed by atoms with E-state index in [0.29, 0.717) is 22.7 Å². The molecule has 4 heteroatoms. The lowest BCUT2D eigenvalue weighted by Gasteiger charge is -2.13. The van der Waals surface area contributed by atoms with Gasteiger partial charge in [-0.3, -0.25) is 0 Å². The number of hydrogen-bond acceptors (Lipinski definition) is 3. The van der Waals surface area contributed by atoms with Crippen LogP contribution in [-0.4, -0.2) is 18.6 Å². The summed E-state index contributed by atoms with van der Waals surface area (Å²) in [7, 11) is 0. The van der Waals surface area contributed by atoms with Gasteiger partial charge in [0.05, 0.1) is 10.6 Å². The van der Waals surface area contributed by atoms with Crippen molar-refractivity contribution in [2.45, 2.75) is 25.4 Å². The summed E-state index contributed by atoms with van der Waals surface area (Å²) in [5, 5.41) is 16.1. The van der Waals surface area contributed by atoms with E-state index >= 15 is 0 Å². The fourth-order valence-electron chi connectivity index (χ4n) is 1.98. The molecule has 0 saturated carbocycles. The molecule has 0 spiro atoms. The molecule has 0 aromatic heterocycles. The SMILES string of the molecule is CC1CC(Nc2ccc(C#N)c(Cl)c2)CN1. The second-order valence-electron chi connectivity index (χ2n) is 4.19. The molecule has 1 aliphatic heterocycles. The Hall–Kier alpha value is -1.24. The summed E-state index contributed by atoms with van der Waals surface area (Å²) in [6.45, 7) is 3.15. The fourth-order valence-corrected chi connectivity index (χ4v) is 2.20. The first-order chi connectivity index (χ1) is 7.69. The minimum Gasteiger partial charge on any atom is -0.381 e. The first-order valence-electron chi connectivity index (χ1n) is 5.38. The van der Waals surface area contributed by atoms with Gasteiger partial charge in [-0.1, -0.05) is 11.6 Å². The highest BCUT2D eigenvalue weighted by molar-refractivity contribution is 6.32. The van der Waals surface area contributed by atoms with Crippen LogP contribution in [0.1, 0.15) is 18.9 Å². The van der Waals surface area contributed by atoms with E-state index in [1.165, 1.54) is 0 Å². The van der Waals surface area contributed by atoms with E-state index in [1.807, 2.05) is 12.1 Å². The van der Waals surface area contributed by atoms with E-state index in [2.05, 4.69) is 23.6 Å². The van der Waals surface area contributed by atoms with Crippen LogP contribution in [0.15, 0.2) is 18.2 Å². The molecule has 2 N–H and O–H groups in total. The van der Waals surface area contributed by atoms with Crippen LogP contribution >= 0.6 is 11.6 Å². The van der Waals surface area contributed by atoms with Gasteiger partial charge in [0.25, 0.3) is 0 Å². The van der Waals surface area contributed by atoms with Crippen molar-refractivity contribution in [3.8, 4) is 6.07 Å². The highest BCUT2D eigenvalue weighted by Gasteiger charge is 2.20. The van der Waals surface area contributed by atoms with Crippen molar-refractivity contribution in [3.05, 3.63) is 28.8 Å². The monoisotopic (exact) mass is 235 g/mol. The zero-order chi connectivity index (χ0) is 11.5. The molecule has 2 rings (SSSR count). The molecule has 1 heterocycles. The van der Waals surface area contributed by atoms with Crippen molar-refractivity contribution in [2.75, 3.05) is 11.9 Å². The molecule has 2 unspecified atom stereocenters. The molecule has 1 aromatic carbocycles. The number of nitrogens with one attached hydrogen (secondary N) is 2. The summed E-state index contributed by atoms with van der Waals surface area (Å²) in [5.41, 5.74) is 1.50. The van der Waals surface area contributed by atoms with Crippen molar-refractivity contribution in [3.63, 3.8) is 0 Å². The Balaban J connectivity index is 2.05. The molecule has 0 aliphatic carbocycles. The highest BCUT2D eigenvalue weighted by atomic mass is 35.5. The highest BCUT2D eigenvalue weighted by Crippen LogP contribution is 2.22. The normalized spacial score (nSPS) is 24.1. The third-order valence-corrected chi connectivity index (χ3v) is 3.12. The Bertz CT molecular complexity index is 425. The Morgan fingerprint density at radius 3 is 2.94 bits per heavy atom. The van der Waals surface area contributed by atoms with Gasteiger partial charge in [-0.2, -0.15) is 5.26 Å². The molecule has 0 radical (unpaired) electrons. The predicted molar refractivity (Wildman–Crippen MR) is 65.7 cm³/mol. The first kappa shape index (κ1) is 11.3. The summed E-state index contributed by atoms with van der Waals surface area (Å²) in [5.74, 6) is 0. The van der Waals surface area contributed by atoms with Crippen LogP contribution in [0.3, 0.4) is 0 Å². The van der Waals surface area contributed by atoms with Crippen molar-refractivity contribution in [1.29, 1.82) is 5.26 Å². The Labute approximate surface area is 100 Å². The van der Waals surface area contributed by atoms with Crippen LogP contribution < -0.4 is 10.6 Å². The van der Waals surface area contributed by atoms with E-state index < -0.39 is 0 Å². The summed E-state index contributed by atoms with van der Waals surface area (Å²) < 4.78 is 0. The van der Waals surface area contributed by atoms with Crippen molar-refractivity contribution in [1.82, 2.24) is 5.32 Å². The molecule has 1 fully saturated rings.